The Balaban J connectivity index is 1.80. The molecule has 8 nitrogen and oxygen atoms in total. The molecule has 4 aromatic rings. The van der Waals surface area contributed by atoms with Crippen molar-refractivity contribution in [3.8, 4) is 16.9 Å². The third kappa shape index (κ3) is 4.42. The molecule has 162 valence electrons. The molecule has 2 heterocycles. The highest BCUT2D eigenvalue weighted by atomic mass is 32.2. The third-order valence-corrected chi connectivity index (χ3v) is 5.88. The average molecular weight is 449 g/mol. The van der Waals surface area contributed by atoms with Crippen molar-refractivity contribution in [3.05, 3.63) is 72.8 Å². The molecule has 0 bridgehead atoms. The molecule has 0 aliphatic heterocycles. The third-order valence-electron chi connectivity index (χ3n) is 4.72. The quantitative estimate of drug-likeness (QED) is 0.478. The van der Waals surface area contributed by atoms with E-state index in [1.165, 1.54) is 18.5 Å². The van der Waals surface area contributed by atoms with Crippen molar-refractivity contribution in [1.82, 2.24) is 15.0 Å². The van der Waals surface area contributed by atoms with E-state index in [4.69, 9.17) is 4.74 Å². The molecule has 0 aliphatic rings. The Morgan fingerprint density at radius 3 is 2.66 bits per heavy atom. The molecular formula is C23H20N4O4S. The summed E-state index contributed by atoms with van der Waals surface area (Å²) in [6.45, 7) is 2.43. The number of rotatable bonds is 6. The number of aromatic nitrogens is 3. The standard InChI is InChI=1S/C23H20N4O4S/c1-3-31-17-6-4-5-15(11-17)18-12-16(13-19-22(18)26-10-9-25-19)23(28)27-20-14-24-8-7-21(20)32(2,29)30/h4-14H,3H2,1-2H3,(H,27,28). The summed E-state index contributed by atoms with van der Waals surface area (Å²) in [7, 11) is -3.55. The summed E-state index contributed by atoms with van der Waals surface area (Å²) in [6.07, 6.45) is 6.88. The van der Waals surface area contributed by atoms with Crippen LogP contribution in [0.3, 0.4) is 0 Å². The number of carbonyl (C=O) groups excluding carboxylic acids is 1. The van der Waals surface area contributed by atoms with Crippen LogP contribution in [0, 0.1) is 0 Å². The van der Waals surface area contributed by atoms with Crippen molar-refractivity contribution in [3.63, 3.8) is 0 Å². The highest BCUT2D eigenvalue weighted by Gasteiger charge is 2.18. The number of fused-ring (bicyclic) bond motifs is 1. The molecule has 0 unspecified atom stereocenters. The summed E-state index contributed by atoms with van der Waals surface area (Å²) in [5.41, 5.74) is 3.10. The lowest BCUT2D eigenvalue weighted by atomic mass is 10.00. The molecule has 0 aliphatic carbocycles. The minimum Gasteiger partial charge on any atom is -0.494 e. The molecule has 32 heavy (non-hydrogen) atoms. The highest BCUT2D eigenvalue weighted by molar-refractivity contribution is 7.90. The summed E-state index contributed by atoms with van der Waals surface area (Å²) < 4.78 is 29.7. The van der Waals surface area contributed by atoms with Crippen LogP contribution in [0.25, 0.3) is 22.2 Å². The van der Waals surface area contributed by atoms with E-state index in [0.717, 1.165) is 11.8 Å². The Morgan fingerprint density at radius 2 is 1.88 bits per heavy atom. The number of anilines is 1. The average Bonchev–Trinajstić information content (AvgIpc) is 2.78. The Kier molecular flexibility index (Phi) is 5.83. The first-order chi connectivity index (χ1) is 15.4. The number of nitrogens with one attached hydrogen (secondary N) is 1. The van der Waals surface area contributed by atoms with Crippen LogP contribution in [0.1, 0.15) is 17.3 Å². The summed E-state index contributed by atoms with van der Waals surface area (Å²) in [5, 5.41) is 2.65. The first-order valence-electron chi connectivity index (χ1n) is 9.80. The maximum atomic E-state index is 13.1. The van der Waals surface area contributed by atoms with Crippen molar-refractivity contribution < 1.29 is 17.9 Å². The summed E-state index contributed by atoms with van der Waals surface area (Å²) in [4.78, 5) is 25.8. The van der Waals surface area contributed by atoms with Gasteiger partial charge in [0.05, 0.1) is 34.4 Å². The van der Waals surface area contributed by atoms with Crippen LogP contribution in [0.4, 0.5) is 5.69 Å². The van der Waals surface area contributed by atoms with Gasteiger partial charge >= 0.3 is 0 Å². The normalized spacial score (nSPS) is 11.3. The van der Waals surface area contributed by atoms with Crippen molar-refractivity contribution >= 4 is 32.5 Å². The molecule has 0 saturated carbocycles. The molecule has 0 atom stereocenters. The first kappa shape index (κ1) is 21.4. The van der Waals surface area contributed by atoms with Gasteiger partial charge in [-0.3, -0.25) is 19.7 Å². The van der Waals surface area contributed by atoms with E-state index >= 15 is 0 Å². The van der Waals surface area contributed by atoms with E-state index in [-0.39, 0.29) is 10.6 Å². The second kappa shape index (κ2) is 8.72. The van der Waals surface area contributed by atoms with Crippen LogP contribution in [0.2, 0.25) is 0 Å². The van der Waals surface area contributed by atoms with E-state index in [1.807, 2.05) is 31.2 Å². The first-order valence-corrected chi connectivity index (χ1v) is 11.7. The predicted molar refractivity (Wildman–Crippen MR) is 121 cm³/mol. The van der Waals surface area contributed by atoms with Gasteiger partial charge in [-0.1, -0.05) is 12.1 Å². The molecule has 0 fully saturated rings. The van der Waals surface area contributed by atoms with Crippen LogP contribution < -0.4 is 10.1 Å². The number of hydrogen-bond donors (Lipinski definition) is 1. The Morgan fingerprint density at radius 1 is 1.06 bits per heavy atom. The van der Waals surface area contributed by atoms with Crippen LogP contribution in [0.5, 0.6) is 5.75 Å². The molecule has 1 N–H and O–H groups in total. The Labute approximate surface area is 185 Å². The molecule has 0 spiro atoms. The van der Waals surface area contributed by atoms with Crippen molar-refractivity contribution in [1.29, 1.82) is 0 Å². The number of pyridine rings is 1. The summed E-state index contributed by atoms with van der Waals surface area (Å²) in [5.74, 6) is 0.211. The van der Waals surface area contributed by atoms with Gasteiger partial charge in [0.2, 0.25) is 0 Å². The minimum atomic E-state index is -3.55. The second-order valence-electron chi connectivity index (χ2n) is 7.01. The number of benzene rings is 2. The zero-order chi connectivity index (χ0) is 22.7. The maximum Gasteiger partial charge on any atom is 0.255 e. The van der Waals surface area contributed by atoms with Crippen molar-refractivity contribution in [2.45, 2.75) is 11.8 Å². The van der Waals surface area contributed by atoms with Crippen molar-refractivity contribution in [2.24, 2.45) is 0 Å². The van der Waals surface area contributed by atoms with Gasteiger partial charge in [-0.2, -0.15) is 0 Å². The monoisotopic (exact) mass is 448 g/mol. The summed E-state index contributed by atoms with van der Waals surface area (Å²) >= 11 is 0. The van der Waals surface area contributed by atoms with Gasteiger partial charge in [0, 0.05) is 36.0 Å². The molecule has 0 radical (unpaired) electrons. The molecule has 9 heteroatoms. The Hall–Kier alpha value is -3.85. The maximum absolute atomic E-state index is 13.1. The molecule has 4 rings (SSSR count). The van der Waals surface area contributed by atoms with Crippen molar-refractivity contribution in [2.75, 3.05) is 18.2 Å². The topological polar surface area (TPSA) is 111 Å². The van der Waals surface area contributed by atoms with Crippen LogP contribution in [-0.4, -0.2) is 42.1 Å². The molecule has 1 amide bonds. The smallest absolute Gasteiger partial charge is 0.255 e. The number of nitrogens with zero attached hydrogens (tertiary/aromatic N) is 3. The number of carbonyl (C=O) groups is 1. The second-order valence-corrected chi connectivity index (χ2v) is 8.99. The summed E-state index contributed by atoms with van der Waals surface area (Å²) in [6, 6.07) is 12.2. The lowest BCUT2D eigenvalue weighted by Gasteiger charge is -2.12. The SMILES string of the molecule is CCOc1cccc(-c2cc(C(=O)Nc3cnccc3S(C)(=O)=O)cc3nccnc23)c1. The van der Waals surface area contributed by atoms with Gasteiger partial charge in [-0.15, -0.1) is 0 Å². The van der Waals surface area contributed by atoms with Crippen LogP contribution in [-0.2, 0) is 9.84 Å². The van der Waals surface area contributed by atoms with Gasteiger partial charge in [0.25, 0.3) is 5.91 Å². The van der Waals surface area contributed by atoms with Gasteiger partial charge in [-0.25, -0.2) is 8.42 Å². The molecule has 2 aromatic heterocycles. The fourth-order valence-corrected chi connectivity index (χ4v) is 4.15. The predicted octanol–water partition coefficient (Wildman–Crippen LogP) is 3.75. The minimum absolute atomic E-state index is 0.00827. The van der Waals surface area contributed by atoms with E-state index in [2.05, 4.69) is 20.3 Å². The van der Waals surface area contributed by atoms with Gasteiger partial charge in [-0.05, 0) is 42.8 Å². The lowest BCUT2D eigenvalue weighted by molar-refractivity contribution is 0.102. The fraction of sp³-hybridized carbons (Fsp3) is 0.130. The van der Waals surface area contributed by atoms with E-state index < -0.39 is 15.7 Å². The van der Waals surface area contributed by atoms with Gasteiger partial charge in [0.15, 0.2) is 9.84 Å². The molecule has 2 aromatic carbocycles. The van der Waals surface area contributed by atoms with Gasteiger partial charge < -0.3 is 10.1 Å². The van der Waals surface area contributed by atoms with E-state index in [1.54, 1.807) is 24.5 Å². The number of amides is 1. The zero-order valence-electron chi connectivity index (χ0n) is 17.4. The fourth-order valence-electron chi connectivity index (χ4n) is 3.34. The number of ether oxygens (including phenoxy) is 1. The lowest BCUT2D eigenvalue weighted by Crippen LogP contribution is -2.15. The molecule has 0 saturated heterocycles. The van der Waals surface area contributed by atoms with Crippen LogP contribution in [0.15, 0.2) is 72.1 Å². The molecular weight excluding hydrogens is 428 g/mol. The zero-order valence-corrected chi connectivity index (χ0v) is 18.3. The van der Waals surface area contributed by atoms with Gasteiger partial charge in [0.1, 0.15) is 5.75 Å². The Bertz CT molecular complexity index is 1420. The van der Waals surface area contributed by atoms with E-state index in [9.17, 15) is 13.2 Å². The highest BCUT2D eigenvalue weighted by Crippen LogP contribution is 2.31. The van der Waals surface area contributed by atoms with Crippen LogP contribution >= 0.6 is 0 Å². The van der Waals surface area contributed by atoms with E-state index in [0.29, 0.717) is 34.5 Å². The number of hydrogen-bond acceptors (Lipinski definition) is 7. The number of sulfone groups is 1. The largest absolute Gasteiger partial charge is 0.494 e.